The van der Waals surface area contributed by atoms with Gasteiger partial charge in [-0.25, -0.2) is 14.4 Å². The molecule has 0 amide bonds. The summed E-state index contributed by atoms with van der Waals surface area (Å²) in [6, 6.07) is 6.27. The van der Waals surface area contributed by atoms with Crippen LogP contribution >= 0.6 is 0 Å². The molecule has 11 heteroatoms. The molecule has 0 unspecified atom stereocenters. The number of carbonyl (C=O) groups excluding carboxylic acids is 3. The second kappa shape index (κ2) is 19.2. The maximum Gasteiger partial charge on any atom is 0.332 e. The summed E-state index contributed by atoms with van der Waals surface area (Å²) in [6.45, 7) is 13.2. The van der Waals surface area contributed by atoms with Gasteiger partial charge in [0, 0.05) is 30.8 Å². The summed E-state index contributed by atoms with van der Waals surface area (Å²) in [5.41, 5.74) is 1.39. The van der Waals surface area contributed by atoms with Crippen LogP contribution in [-0.2, 0) is 42.9 Å². The number of aliphatic hydroxyl groups is 1. The molecule has 1 rings (SSSR count). The zero-order valence-electron chi connectivity index (χ0n) is 19.7. The van der Waals surface area contributed by atoms with Gasteiger partial charge in [-0.05, 0) is 26.0 Å². The van der Waals surface area contributed by atoms with E-state index in [0.717, 1.165) is 17.7 Å². The van der Waals surface area contributed by atoms with Crippen molar-refractivity contribution in [1.29, 1.82) is 0 Å². The fourth-order valence-corrected chi connectivity index (χ4v) is 2.48. The van der Waals surface area contributed by atoms with Gasteiger partial charge in [0.25, 0.3) is 10.1 Å². The summed E-state index contributed by atoms with van der Waals surface area (Å²) in [5, 5.41) is 8.23. The first-order valence-corrected chi connectivity index (χ1v) is 11.2. The zero-order valence-corrected chi connectivity index (χ0v) is 20.5. The van der Waals surface area contributed by atoms with Crippen molar-refractivity contribution in [2.45, 2.75) is 25.2 Å². The van der Waals surface area contributed by atoms with Gasteiger partial charge >= 0.3 is 17.9 Å². The number of hydrogen-bond donors (Lipinski definition) is 1. The minimum atomic E-state index is -3.80. The molecule has 0 bridgehead atoms. The smallest absolute Gasteiger partial charge is 0.332 e. The number of rotatable bonds is 11. The lowest BCUT2D eigenvalue weighted by atomic mass is 10.2. The second-order valence-electron chi connectivity index (χ2n) is 6.18. The largest absolute Gasteiger partial charge is 0.466 e. The summed E-state index contributed by atoms with van der Waals surface area (Å²) >= 11 is 0. The van der Waals surface area contributed by atoms with Crippen LogP contribution in [0.5, 0.6) is 0 Å². The molecule has 0 radical (unpaired) electrons. The van der Waals surface area contributed by atoms with Gasteiger partial charge in [-0.1, -0.05) is 37.4 Å². The summed E-state index contributed by atoms with van der Waals surface area (Å²) in [5.74, 6) is -1.41. The van der Waals surface area contributed by atoms with Crippen molar-refractivity contribution >= 4 is 28.0 Å². The molecule has 1 N–H and O–H groups in total. The fourth-order valence-electron chi connectivity index (χ4n) is 1.59. The summed E-state index contributed by atoms with van der Waals surface area (Å²) in [4.78, 5) is 31.2. The molecule has 0 fully saturated rings. The van der Waals surface area contributed by atoms with Crippen LogP contribution < -0.4 is 0 Å². The molecule has 34 heavy (non-hydrogen) atoms. The SMILES string of the molecule is C=C(C)C(=O)OC.C=CC(=O)OCCCO.C=CC(=O)OCCOS(=O)(=O)c1ccc(C)cc1. The van der Waals surface area contributed by atoms with Gasteiger partial charge in [0.1, 0.15) is 13.2 Å². The van der Waals surface area contributed by atoms with Gasteiger partial charge < -0.3 is 19.3 Å². The molecule has 0 aliphatic carbocycles. The predicted octanol–water partition coefficient (Wildman–Crippen LogP) is 2.26. The Balaban J connectivity index is 0. The molecule has 0 heterocycles. The van der Waals surface area contributed by atoms with Gasteiger partial charge in [-0.2, -0.15) is 8.42 Å². The van der Waals surface area contributed by atoms with Gasteiger partial charge in [0.15, 0.2) is 0 Å². The molecule has 0 saturated carbocycles. The molecule has 0 aliphatic heterocycles. The van der Waals surface area contributed by atoms with E-state index in [-0.39, 0.29) is 37.3 Å². The Hall–Kier alpha value is -3.28. The molecule has 1 aromatic carbocycles. The maximum absolute atomic E-state index is 11.7. The number of esters is 3. The summed E-state index contributed by atoms with van der Waals surface area (Å²) in [6.07, 6.45) is 2.57. The zero-order chi connectivity index (χ0) is 26.6. The minimum absolute atomic E-state index is 0.0461. The standard InChI is InChI=1S/C12H14O5S.C6H10O3.C5H8O2/c1-3-12(13)16-8-9-17-18(14,15)11-6-4-10(2)5-7-11;1-2-6(8)9-5-3-4-7;1-4(2)5(6)7-3/h3-7H,1,8-9H2,2H3;2,7H,1,3-5H2;1H2,2-3H3. The molecule has 10 nitrogen and oxygen atoms in total. The number of ether oxygens (including phenoxy) is 3. The van der Waals surface area contributed by atoms with Crippen LogP contribution in [0, 0.1) is 6.92 Å². The lowest BCUT2D eigenvalue weighted by molar-refractivity contribution is -0.139. The monoisotopic (exact) mass is 500 g/mol. The van der Waals surface area contributed by atoms with Gasteiger partial charge in [-0.15, -0.1) is 0 Å². The molecule has 0 atom stereocenters. The summed E-state index contributed by atoms with van der Waals surface area (Å²) in [7, 11) is -2.47. The highest BCUT2D eigenvalue weighted by molar-refractivity contribution is 7.86. The number of carbonyl (C=O) groups is 3. The van der Waals surface area contributed by atoms with Crippen LogP contribution in [0.25, 0.3) is 0 Å². The van der Waals surface area contributed by atoms with E-state index in [0.29, 0.717) is 12.0 Å². The van der Waals surface area contributed by atoms with E-state index >= 15 is 0 Å². The van der Waals surface area contributed by atoms with Crippen molar-refractivity contribution in [3.05, 3.63) is 67.3 Å². The quantitative estimate of drug-likeness (QED) is 0.158. The van der Waals surface area contributed by atoms with Gasteiger partial charge in [0.2, 0.25) is 0 Å². The molecular weight excluding hydrogens is 468 g/mol. The molecule has 0 spiro atoms. The molecule has 1 aromatic rings. The number of benzene rings is 1. The highest BCUT2D eigenvalue weighted by Gasteiger charge is 2.14. The Kier molecular flexibility index (Phi) is 18.6. The molecule has 190 valence electrons. The van der Waals surface area contributed by atoms with E-state index in [9.17, 15) is 22.8 Å². The normalized spacial score (nSPS) is 9.65. The van der Waals surface area contributed by atoms with E-state index < -0.39 is 22.1 Å². The van der Waals surface area contributed by atoms with E-state index in [4.69, 9.17) is 9.29 Å². The third kappa shape index (κ3) is 17.3. The average molecular weight is 501 g/mol. The third-order valence-electron chi connectivity index (χ3n) is 3.29. The van der Waals surface area contributed by atoms with E-state index in [2.05, 4.69) is 33.9 Å². The third-order valence-corrected chi connectivity index (χ3v) is 4.62. The second-order valence-corrected chi connectivity index (χ2v) is 7.80. The first-order valence-electron chi connectivity index (χ1n) is 9.84. The van der Waals surface area contributed by atoms with Crippen LogP contribution in [0.3, 0.4) is 0 Å². The number of aliphatic hydroxyl groups excluding tert-OH is 1. The van der Waals surface area contributed by atoms with Crippen LogP contribution in [0.1, 0.15) is 18.9 Å². The van der Waals surface area contributed by atoms with Crippen molar-refractivity contribution < 1.29 is 46.3 Å². The lowest BCUT2D eigenvalue weighted by Gasteiger charge is -2.06. The molecule has 0 aromatic heterocycles. The van der Waals surface area contributed by atoms with Crippen molar-refractivity contribution in [2.75, 3.05) is 33.5 Å². The minimum Gasteiger partial charge on any atom is -0.466 e. The molecular formula is C23H32O10S. The van der Waals surface area contributed by atoms with Gasteiger partial charge in [-0.3, -0.25) is 4.18 Å². The van der Waals surface area contributed by atoms with Crippen molar-refractivity contribution in [3.8, 4) is 0 Å². The van der Waals surface area contributed by atoms with Crippen molar-refractivity contribution in [2.24, 2.45) is 0 Å². The highest BCUT2D eigenvalue weighted by Crippen LogP contribution is 2.12. The Bertz CT molecular complexity index is 902. The Morgan fingerprint density at radius 3 is 1.85 bits per heavy atom. The first kappa shape index (κ1) is 32.9. The van der Waals surface area contributed by atoms with Crippen LogP contribution in [0.2, 0.25) is 0 Å². The maximum atomic E-state index is 11.7. The van der Waals surface area contributed by atoms with Crippen LogP contribution in [0.15, 0.2) is 66.6 Å². The average Bonchev–Trinajstić information content (AvgIpc) is 2.82. The van der Waals surface area contributed by atoms with Crippen molar-refractivity contribution in [3.63, 3.8) is 0 Å². The Labute approximate surface area is 200 Å². The van der Waals surface area contributed by atoms with E-state index in [1.807, 2.05) is 6.92 Å². The van der Waals surface area contributed by atoms with Crippen molar-refractivity contribution in [1.82, 2.24) is 0 Å². The number of hydrogen-bond acceptors (Lipinski definition) is 10. The number of aryl methyl sites for hydroxylation is 1. The Morgan fingerprint density at radius 2 is 1.47 bits per heavy atom. The van der Waals surface area contributed by atoms with Crippen LogP contribution in [0.4, 0.5) is 0 Å². The van der Waals surface area contributed by atoms with E-state index in [1.165, 1.54) is 19.2 Å². The molecule has 0 saturated heterocycles. The Morgan fingerprint density at radius 1 is 0.971 bits per heavy atom. The van der Waals surface area contributed by atoms with E-state index in [1.54, 1.807) is 19.1 Å². The molecule has 0 aliphatic rings. The fraction of sp³-hybridized carbons (Fsp3) is 0.348. The highest BCUT2D eigenvalue weighted by atomic mass is 32.2. The first-order chi connectivity index (χ1) is 15.9. The topological polar surface area (TPSA) is 142 Å². The van der Waals surface area contributed by atoms with Crippen LogP contribution in [-0.4, -0.2) is 65.0 Å². The van der Waals surface area contributed by atoms with Gasteiger partial charge in [0.05, 0.1) is 18.6 Å². The predicted molar refractivity (Wildman–Crippen MR) is 125 cm³/mol. The number of methoxy groups -OCH3 is 1. The lowest BCUT2D eigenvalue weighted by Crippen LogP contribution is -2.13. The summed E-state index contributed by atoms with van der Waals surface area (Å²) < 4.78 is 41.4.